The normalized spacial score (nSPS) is 14.2. The Hall–Kier alpha value is -0.820. The second kappa shape index (κ2) is 5.16. The number of hydrogen-bond acceptors (Lipinski definition) is 4. The van der Waals surface area contributed by atoms with Gasteiger partial charge in [-0.15, -0.1) is 0 Å². The first-order valence-corrected chi connectivity index (χ1v) is 3.85. The summed E-state index contributed by atoms with van der Waals surface area (Å²) in [6.07, 6.45) is -4.29. The van der Waals surface area contributed by atoms with Crippen LogP contribution >= 0.6 is 0 Å². The predicted molar refractivity (Wildman–Crippen MR) is 43.5 cm³/mol. The molecule has 84 valence electrons. The highest BCUT2D eigenvalue weighted by atomic mass is 19.4. The fourth-order valence-electron chi connectivity index (χ4n) is 0.932. The Labute approximate surface area is 79.8 Å². The molecule has 7 heteroatoms. The molecule has 0 aromatic carbocycles. The monoisotopic (exact) mass is 214 g/mol. The molecule has 2 N–H and O–H groups in total. The molecule has 0 aliphatic carbocycles. The standard InChI is InChI=1S/C7H13F3N2O2/c1-12(4-7(8,9)10)3-5(11)6(13)14-2/h5H,3-4,11H2,1-2H3. The minimum absolute atomic E-state index is 0.188. The van der Waals surface area contributed by atoms with E-state index in [-0.39, 0.29) is 6.54 Å². The average Bonchev–Trinajstić information content (AvgIpc) is 1.99. The van der Waals surface area contributed by atoms with Crippen LogP contribution in [0.4, 0.5) is 13.2 Å². The Morgan fingerprint density at radius 3 is 2.43 bits per heavy atom. The first-order valence-electron chi connectivity index (χ1n) is 3.85. The van der Waals surface area contributed by atoms with Crippen molar-refractivity contribution in [2.45, 2.75) is 12.2 Å². The third-order valence-corrected chi connectivity index (χ3v) is 1.46. The van der Waals surface area contributed by atoms with Gasteiger partial charge in [0, 0.05) is 6.54 Å². The van der Waals surface area contributed by atoms with Crippen LogP contribution in [0.25, 0.3) is 0 Å². The summed E-state index contributed by atoms with van der Waals surface area (Å²) < 4.78 is 39.8. The number of carbonyl (C=O) groups is 1. The number of hydrogen-bond donors (Lipinski definition) is 1. The van der Waals surface area contributed by atoms with Crippen LogP contribution < -0.4 is 5.73 Å². The van der Waals surface area contributed by atoms with Crippen LogP contribution in [0.15, 0.2) is 0 Å². The van der Waals surface area contributed by atoms with Crippen LogP contribution in [0.5, 0.6) is 0 Å². The first-order chi connectivity index (χ1) is 6.26. The van der Waals surface area contributed by atoms with Gasteiger partial charge in [-0.05, 0) is 7.05 Å². The summed E-state index contributed by atoms with van der Waals surface area (Å²) in [6.45, 7) is -1.29. The van der Waals surface area contributed by atoms with Gasteiger partial charge in [0.15, 0.2) is 0 Å². The van der Waals surface area contributed by atoms with Crippen molar-refractivity contribution in [1.29, 1.82) is 0 Å². The van der Waals surface area contributed by atoms with Crippen LogP contribution in [0.2, 0.25) is 0 Å². The minimum atomic E-state index is -4.29. The van der Waals surface area contributed by atoms with E-state index in [2.05, 4.69) is 4.74 Å². The lowest BCUT2D eigenvalue weighted by Gasteiger charge is -2.20. The zero-order valence-corrected chi connectivity index (χ0v) is 7.97. The van der Waals surface area contributed by atoms with Crippen molar-refractivity contribution in [1.82, 2.24) is 4.90 Å². The van der Waals surface area contributed by atoms with E-state index in [4.69, 9.17) is 5.73 Å². The predicted octanol–water partition coefficient (Wildman–Crippen LogP) is -0.0192. The lowest BCUT2D eigenvalue weighted by Crippen LogP contribution is -2.44. The third-order valence-electron chi connectivity index (χ3n) is 1.46. The van der Waals surface area contributed by atoms with Crippen LogP contribution in [-0.4, -0.2) is 50.3 Å². The number of likely N-dealkylation sites (N-methyl/N-ethyl adjacent to an activating group) is 1. The summed E-state index contributed by atoms with van der Waals surface area (Å²) in [6, 6.07) is -1.05. The van der Waals surface area contributed by atoms with E-state index in [0.29, 0.717) is 0 Å². The van der Waals surface area contributed by atoms with Gasteiger partial charge in [-0.2, -0.15) is 13.2 Å². The number of halogens is 3. The molecule has 0 amide bonds. The molecule has 0 radical (unpaired) electrons. The molecule has 14 heavy (non-hydrogen) atoms. The maximum absolute atomic E-state index is 11.8. The zero-order chi connectivity index (χ0) is 11.4. The van der Waals surface area contributed by atoms with Crippen LogP contribution in [-0.2, 0) is 9.53 Å². The number of esters is 1. The second-order valence-corrected chi connectivity index (χ2v) is 2.94. The highest BCUT2D eigenvalue weighted by Crippen LogP contribution is 2.15. The van der Waals surface area contributed by atoms with E-state index in [1.807, 2.05) is 0 Å². The van der Waals surface area contributed by atoms with Gasteiger partial charge >= 0.3 is 12.1 Å². The van der Waals surface area contributed by atoms with Crippen molar-refractivity contribution in [3.8, 4) is 0 Å². The van der Waals surface area contributed by atoms with Crippen molar-refractivity contribution < 1.29 is 22.7 Å². The van der Waals surface area contributed by atoms with Crippen LogP contribution in [0.1, 0.15) is 0 Å². The number of alkyl halides is 3. The van der Waals surface area contributed by atoms with Crippen molar-refractivity contribution in [2.75, 3.05) is 27.2 Å². The van der Waals surface area contributed by atoms with Crippen LogP contribution in [0, 0.1) is 0 Å². The van der Waals surface area contributed by atoms with Gasteiger partial charge in [-0.1, -0.05) is 0 Å². The smallest absolute Gasteiger partial charge is 0.401 e. The summed E-state index contributed by atoms with van der Waals surface area (Å²) in [5.41, 5.74) is 5.26. The molecular weight excluding hydrogens is 201 g/mol. The van der Waals surface area contributed by atoms with Gasteiger partial charge < -0.3 is 10.5 Å². The number of nitrogens with zero attached hydrogens (tertiary/aromatic N) is 1. The molecule has 0 aliphatic heterocycles. The Kier molecular flexibility index (Phi) is 4.86. The molecule has 0 rings (SSSR count). The molecule has 0 aromatic rings. The molecule has 1 atom stereocenters. The van der Waals surface area contributed by atoms with Gasteiger partial charge in [0.1, 0.15) is 6.04 Å². The van der Waals surface area contributed by atoms with Gasteiger partial charge in [-0.3, -0.25) is 9.69 Å². The fraction of sp³-hybridized carbons (Fsp3) is 0.857. The van der Waals surface area contributed by atoms with Gasteiger partial charge in [-0.25, -0.2) is 0 Å². The molecular formula is C7H13F3N2O2. The lowest BCUT2D eigenvalue weighted by molar-refractivity contribution is -0.150. The Bertz CT molecular complexity index is 196. The second-order valence-electron chi connectivity index (χ2n) is 2.94. The molecule has 0 heterocycles. The fourth-order valence-corrected chi connectivity index (χ4v) is 0.932. The maximum atomic E-state index is 11.8. The summed E-state index contributed by atoms with van der Waals surface area (Å²) in [5.74, 6) is -0.723. The molecule has 0 spiro atoms. The number of ether oxygens (including phenoxy) is 1. The van der Waals surface area contributed by atoms with Crippen LogP contribution in [0.3, 0.4) is 0 Å². The number of rotatable bonds is 4. The van der Waals surface area contributed by atoms with E-state index in [1.54, 1.807) is 0 Å². The molecule has 0 bridgehead atoms. The largest absolute Gasteiger partial charge is 0.468 e. The Balaban J connectivity index is 3.94. The molecule has 0 aromatic heterocycles. The summed E-state index contributed by atoms with van der Waals surface area (Å²) in [5, 5.41) is 0. The summed E-state index contributed by atoms with van der Waals surface area (Å²) in [4.78, 5) is 11.7. The molecule has 1 unspecified atom stereocenters. The highest BCUT2D eigenvalue weighted by Gasteiger charge is 2.30. The van der Waals surface area contributed by atoms with E-state index >= 15 is 0 Å². The molecule has 0 fully saturated rings. The highest BCUT2D eigenvalue weighted by molar-refractivity contribution is 5.75. The average molecular weight is 214 g/mol. The SMILES string of the molecule is COC(=O)C(N)CN(C)CC(F)(F)F. The van der Waals surface area contributed by atoms with Gasteiger partial charge in [0.25, 0.3) is 0 Å². The van der Waals surface area contributed by atoms with E-state index in [0.717, 1.165) is 12.0 Å². The number of nitrogens with two attached hydrogens (primary N) is 1. The number of carbonyl (C=O) groups excluding carboxylic acids is 1. The van der Waals surface area contributed by atoms with E-state index in [9.17, 15) is 18.0 Å². The first kappa shape index (κ1) is 13.2. The van der Waals surface area contributed by atoms with Crippen molar-refractivity contribution >= 4 is 5.97 Å². The third kappa shape index (κ3) is 5.76. The molecule has 0 aliphatic rings. The van der Waals surface area contributed by atoms with Gasteiger partial charge in [0.05, 0.1) is 13.7 Å². The topological polar surface area (TPSA) is 55.6 Å². The molecule has 4 nitrogen and oxygen atoms in total. The lowest BCUT2D eigenvalue weighted by atomic mass is 10.3. The van der Waals surface area contributed by atoms with E-state index in [1.165, 1.54) is 7.05 Å². The summed E-state index contributed by atoms with van der Waals surface area (Å²) in [7, 11) is 2.36. The Morgan fingerprint density at radius 2 is 2.07 bits per heavy atom. The summed E-state index contributed by atoms with van der Waals surface area (Å²) >= 11 is 0. The van der Waals surface area contributed by atoms with Crippen molar-refractivity contribution in [3.63, 3.8) is 0 Å². The van der Waals surface area contributed by atoms with Gasteiger partial charge in [0.2, 0.25) is 0 Å². The van der Waals surface area contributed by atoms with E-state index < -0.39 is 24.7 Å². The molecule has 0 saturated carbocycles. The molecule has 0 saturated heterocycles. The minimum Gasteiger partial charge on any atom is -0.468 e. The quantitative estimate of drug-likeness (QED) is 0.668. The van der Waals surface area contributed by atoms with Crippen molar-refractivity contribution in [3.05, 3.63) is 0 Å². The maximum Gasteiger partial charge on any atom is 0.401 e. The van der Waals surface area contributed by atoms with Crippen molar-refractivity contribution in [2.24, 2.45) is 5.73 Å². The number of methoxy groups -OCH3 is 1. The zero-order valence-electron chi connectivity index (χ0n) is 7.97. The Morgan fingerprint density at radius 1 is 1.57 bits per heavy atom.